The molecule has 0 fully saturated rings. The van der Waals surface area contributed by atoms with Crippen molar-refractivity contribution in [2.45, 2.75) is 19.8 Å². The molecule has 0 saturated carbocycles. The molecule has 0 radical (unpaired) electrons. The van der Waals surface area contributed by atoms with Crippen LogP contribution in [0.15, 0.2) is 0 Å². The molecule has 2 heteroatoms. The first-order chi connectivity index (χ1) is 4.81. The van der Waals surface area contributed by atoms with E-state index in [4.69, 9.17) is 4.74 Å². The maximum absolute atomic E-state index is 4.91. The molecule has 0 N–H and O–H groups in total. The largest absolute Gasteiger partial charge is 0.384 e. The average Bonchev–Trinajstić information content (AvgIpc) is 1.89. The number of ether oxygens (including phenoxy) is 1. The zero-order valence-electron chi connectivity index (χ0n) is 7.26. The van der Waals surface area contributed by atoms with E-state index >= 15 is 0 Å². The fourth-order valence-electron chi connectivity index (χ4n) is 0.835. The molecule has 0 aromatic heterocycles. The summed E-state index contributed by atoms with van der Waals surface area (Å²) in [6.45, 7) is 4.15. The van der Waals surface area contributed by atoms with Crippen LogP contribution < -0.4 is 0 Å². The van der Waals surface area contributed by atoms with Crippen LogP contribution in [0.1, 0.15) is 19.8 Å². The molecule has 0 aromatic carbocycles. The lowest BCUT2D eigenvalue weighted by atomic mass is 10.4. The summed E-state index contributed by atoms with van der Waals surface area (Å²) < 4.78 is 7.12. The predicted octanol–water partition coefficient (Wildman–Crippen LogP) is 1.15. The Morgan fingerprint density at radius 2 is 2.20 bits per heavy atom. The zero-order chi connectivity index (χ0) is 7.82. The average molecular weight is 144 g/mol. The van der Waals surface area contributed by atoms with Crippen LogP contribution in [-0.2, 0) is 4.74 Å². The first kappa shape index (κ1) is 9.63. The van der Waals surface area contributed by atoms with Crippen LogP contribution in [0.5, 0.6) is 0 Å². The van der Waals surface area contributed by atoms with Crippen molar-refractivity contribution in [1.82, 2.24) is 0 Å². The van der Waals surface area contributed by atoms with Crippen molar-refractivity contribution in [2.75, 3.05) is 27.3 Å². The molecule has 0 heterocycles. The summed E-state index contributed by atoms with van der Waals surface area (Å²) in [6.07, 6.45) is 4.40. The quantitative estimate of drug-likeness (QED) is 0.320. The topological polar surface area (TPSA) is 12.2 Å². The van der Waals surface area contributed by atoms with Crippen molar-refractivity contribution in [2.24, 2.45) is 0 Å². The molecule has 2 nitrogen and oxygen atoms in total. The second-order valence-electron chi connectivity index (χ2n) is 2.44. The predicted molar refractivity (Wildman–Crippen MR) is 43.9 cm³/mol. The molecule has 0 atom stereocenters. The zero-order valence-corrected chi connectivity index (χ0v) is 7.26. The van der Waals surface area contributed by atoms with E-state index < -0.39 is 0 Å². The third-order valence-electron chi connectivity index (χ3n) is 1.34. The van der Waals surface area contributed by atoms with Gasteiger partial charge in [-0.25, -0.2) is 4.58 Å². The Bertz CT molecular complexity index is 99.4. The van der Waals surface area contributed by atoms with Crippen LogP contribution >= 0.6 is 0 Å². The maximum Gasteiger partial charge on any atom is 0.142 e. The van der Waals surface area contributed by atoms with Crippen molar-refractivity contribution < 1.29 is 9.31 Å². The van der Waals surface area contributed by atoms with Crippen LogP contribution in [0.25, 0.3) is 0 Å². The molecule has 0 saturated heterocycles. The fourth-order valence-corrected chi connectivity index (χ4v) is 0.835. The number of methoxy groups -OCH3 is 1. The summed E-state index contributed by atoms with van der Waals surface area (Å²) in [4.78, 5) is 0. The van der Waals surface area contributed by atoms with E-state index in [-0.39, 0.29) is 0 Å². The molecule has 10 heavy (non-hydrogen) atoms. The minimum atomic E-state index is 0.827. The smallest absolute Gasteiger partial charge is 0.142 e. The van der Waals surface area contributed by atoms with Crippen LogP contribution in [0.2, 0.25) is 0 Å². The molecule has 0 aliphatic carbocycles. The highest BCUT2D eigenvalue weighted by Crippen LogP contribution is 1.78. The van der Waals surface area contributed by atoms with E-state index in [1.54, 1.807) is 7.11 Å². The molecule has 0 aliphatic rings. The number of hydrogen-bond acceptors (Lipinski definition) is 1. The van der Waals surface area contributed by atoms with Crippen molar-refractivity contribution in [3.8, 4) is 0 Å². The van der Waals surface area contributed by atoms with Gasteiger partial charge in [-0.1, -0.05) is 6.92 Å². The van der Waals surface area contributed by atoms with Gasteiger partial charge < -0.3 is 4.74 Å². The Balaban J connectivity index is 3.28. The van der Waals surface area contributed by atoms with Gasteiger partial charge in [-0.05, 0) is 0 Å². The summed E-state index contributed by atoms with van der Waals surface area (Å²) in [7, 11) is 3.83. The third kappa shape index (κ3) is 5.76. The van der Waals surface area contributed by atoms with Crippen LogP contribution in [0, 0.1) is 0 Å². The van der Waals surface area contributed by atoms with Crippen molar-refractivity contribution in [3.05, 3.63) is 0 Å². The van der Waals surface area contributed by atoms with Crippen molar-refractivity contribution >= 4 is 6.21 Å². The monoisotopic (exact) mass is 144 g/mol. The van der Waals surface area contributed by atoms with Crippen LogP contribution in [-0.4, -0.2) is 38.1 Å². The Morgan fingerprint density at radius 1 is 1.50 bits per heavy atom. The lowest BCUT2D eigenvalue weighted by Crippen LogP contribution is -2.08. The van der Waals surface area contributed by atoms with Crippen molar-refractivity contribution in [3.63, 3.8) is 0 Å². The molecular weight excluding hydrogens is 126 g/mol. The SMILES string of the molecule is CCC[N+](C)=CCCOC. The second-order valence-corrected chi connectivity index (χ2v) is 2.44. The maximum atomic E-state index is 4.91. The Hall–Kier alpha value is -0.370. The first-order valence-electron chi connectivity index (χ1n) is 3.83. The molecule has 0 amide bonds. The normalized spacial score (nSPS) is 12.1. The summed E-state index contributed by atoms with van der Waals surface area (Å²) in [6, 6.07) is 0. The van der Waals surface area contributed by atoms with Gasteiger partial charge >= 0.3 is 0 Å². The highest BCUT2D eigenvalue weighted by molar-refractivity contribution is 5.50. The highest BCUT2D eigenvalue weighted by atomic mass is 16.5. The van der Waals surface area contributed by atoms with Crippen LogP contribution in [0.4, 0.5) is 0 Å². The lowest BCUT2D eigenvalue weighted by molar-refractivity contribution is -0.493. The van der Waals surface area contributed by atoms with Gasteiger partial charge in [0.25, 0.3) is 0 Å². The van der Waals surface area contributed by atoms with Gasteiger partial charge in [0.1, 0.15) is 19.8 Å². The molecule has 0 unspecified atom stereocenters. The number of rotatable bonds is 5. The van der Waals surface area contributed by atoms with Gasteiger partial charge in [0.2, 0.25) is 0 Å². The van der Waals surface area contributed by atoms with E-state index in [2.05, 4.69) is 24.8 Å². The molecule has 0 spiro atoms. The van der Waals surface area contributed by atoms with Gasteiger partial charge in [0.15, 0.2) is 0 Å². The Morgan fingerprint density at radius 3 is 2.70 bits per heavy atom. The molecule has 0 bridgehead atoms. The molecular formula is C8H18NO+. The summed E-state index contributed by atoms with van der Waals surface area (Å²) in [5.74, 6) is 0. The Kier molecular flexibility index (Phi) is 6.50. The van der Waals surface area contributed by atoms with E-state index in [0.717, 1.165) is 19.6 Å². The van der Waals surface area contributed by atoms with Gasteiger partial charge in [0, 0.05) is 20.0 Å². The van der Waals surface area contributed by atoms with E-state index in [9.17, 15) is 0 Å². The highest BCUT2D eigenvalue weighted by Gasteiger charge is 1.90. The fraction of sp³-hybridized carbons (Fsp3) is 0.875. The van der Waals surface area contributed by atoms with Gasteiger partial charge in [0.05, 0.1) is 6.61 Å². The van der Waals surface area contributed by atoms with Gasteiger partial charge in [-0.2, -0.15) is 0 Å². The second kappa shape index (κ2) is 6.75. The third-order valence-corrected chi connectivity index (χ3v) is 1.34. The molecule has 0 aromatic rings. The summed E-state index contributed by atoms with van der Waals surface area (Å²) in [5, 5.41) is 0. The molecule has 60 valence electrons. The minimum Gasteiger partial charge on any atom is -0.384 e. The lowest BCUT2D eigenvalue weighted by Gasteiger charge is -1.93. The number of hydrogen-bond donors (Lipinski definition) is 0. The van der Waals surface area contributed by atoms with E-state index in [1.165, 1.54) is 6.42 Å². The van der Waals surface area contributed by atoms with E-state index in [1.807, 2.05) is 0 Å². The summed E-state index contributed by atoms with van der Waals surface area (Å²) in [5.41, 5.74) is 0. The number of nitrogens with zero attached hydrogens (tertiary/aromatic N) is 1. The van der Waals surface area contributed by atoms with E-state index in [0.29, 0.717) is 0 Å². The molecule has 0 rings (SSSR count). The standard InChI is InChI=1S/C8H18NO/c1-4-6-9(2)7-5-8-10-3/h7H,4-6,8H2,1-3H3/q+1. The van der Waals surface area contributed by atoms with Crippen molar-refractivity contribution in [1.29, 1.82) is 0 Å². The Labute approximate surface area is 63.5 Å². The van der Waals surface area contributed by atoms with Crippen LogP contribution in [0.3, 0.4) is 0 Å². The molecule has 0 aliphatic heterocycles. The summed E-state index contributed by atoms with van der Waals surface area (Å²) >= 11 is 0. The van der Waals surface area contributed by atoms with Gasteiger partial charge in [-0.3, -0.25) is 0 Å². The first-order valence-corrected chi connectivity index (χ1v) is 3.83. The minimum absolute atomic E-state index is 0.827. The van der Waals surface area contributed by atoms with Gasteiger partial charge in [-0.15, -0.1) is 0 Å².